The Morgan fingerprint density at radius 3 is 2.75 bits per heavy atom. The van der Waals surface area contributed by atoms with Gasteiger partial charge in [-0.3, -0.25) is 4.79 Å². The topological polar surface area (TPSA) is 37.3 Å². The van der Waals surface area contributed by atoms with Crippen LogP contribution in [0.1, 0.15) is 6.92 Å². The average Bonchev–Trinajstić information content (AvgIpc) is 2.05. The second-order valence-corrected chi connectivity index (χ2v) is 4.33. The van der Waals surface area contributed by atoms with Crippen molar-refractivity contribution in [3.05, 3.63) is 12.2 Å². The molecule has 0 radical (unpaired) electrons. The van der Waals surface area contributed by atoms with Crippen LogP contribution in [-0.4, -0.2) is 34.1 Å². The Morgan fingerprint density at radius 2 is 2.17 bits per heavy atom. The molecule has 0 bridgehead atoms. The van der Waals surface area contributed by atoms with Crippen molar-refractivity contribution in [2.24, 2.45) is 0 Å². The first-order valence-corrected chi connectivity index (χ1v) is 5.93. The fraction of sp³-hybridized carbons (Fsp3) is 0.625. The highest BCUT2D eigenvalue weighted by atomic mass is 32.2. The van der Waals surface area contributed by atoms with Crippen molar-refractivity contribution in [2.75, 3.05) is 23.9 Å². The molecule has 0 aliphatic rings. The van der Waals surface area contributed by atoms with E-state index in [1.165, 1.54) is 11.8 Å². The summed E-state index contributed by atoms with van der Waals surface area (Å²) in [5.74, 6) is 2.51. The molecule has 1 N–H and O–H groups in total. The maximum absolute atomic E-state index is 10.9. The Hall–Kier alpha value is 0.0700. The summed E-state index contributed by atoms with van der Waals surface area (Å²) in [6.45, 7) is 2.05. The van der Waals surface area contributed by atoms with Crippen LogP contribution in [-0.2, 0) is 4.79 Å². The molecular weight excluding hydrogens is 192 g/mol. The van der Waals surface area contributed by atoms with Gasteiger partial charge < -0.3 is 5.11 Å². The fourth-order valence-electron chi connectivity index (χ4n) is 0.552. The van der Waals surface area contributed by atoms with Crippen molar-refractivity contribution in [3.8, 4) is 0 Å². The number of carbonyl (C=O) groups is 1. The molecule has 70 valence electrons. The molecule has 0 unspecified atom stereocenters. The van der Waals surface area contributed by atoms with Crippen LogP contribution in [0.2, 0.25) is 0 Å². The van der Waals surface area contributed by atoms with Crippen LogP contribution in [0.15, 0.2) is 12.2 Å². The summed E-state index contributed by atoms with van der Waals surface area (Å²) in [7, 11) is 0. The maximum Gasteiger partial charge on any atom is 0.211 e. The number of aliphatic hydroxyl groups is 1. The van der Waals surface area contributed by atoms with E-state index >= 15 is 0 Å². The van der Waals surface area contributed by atoms with E-state index in [1.807, 2.05) is 6.92 Å². The SMILES string of the molecule is CC=CC(=O)SCCSCCO. The minimum absolute atomic E-state index is 0.113. The van der Waals surface area contributed by atoms with Crippen molar-refractivity contribution >= 4 is 28.6 Å². The highest BCUT2D eigenvalue weighted by molar-refractivity contribution is 8.14. The van der Waals surface area contributed by atoms with Gasteiger partial charge in [0.2, 0.25) is 5.12 Å². The van der Waals surface area contributed by atoms with E-state index in [4.69, 9.17) is 5.11 Å². The van der Waals surface area contributed by atoms with Gasteiger partial charge >= 0.3 is 0 Å². The Morgan fingerprint density at radius 1 is 1.42 bits per heavy atom. The third-order valence-electron chi connectivity index (χ3n) is 1.01. The summed E-state index contributed by atoms with van der Waals surface area (Å²) in [5.41, 5.74) is 0. The number of carbonyl (C=O) groups excluding carboxylic acids is 1. The minimum atomic E-state index is 0.113. The molecule has 0 heterocycles. The molecular formula is C8H14O2S2. The van der Waals surface area contributed by atoms with E-state index in [2.05, 4.69) is 0 Å². The normalized spacial score (nSPS) is 10.8. The third-order valence-corrected chi connectivity index (χ3v) is 3.06. The van der Waals surface area contributed by atoms with E-state index in [0.29, 0.717) is 0 Å². The van der Waals surface area contributed by atoms with Crippen molar-refractivity contribution in [3.63, 3.8) is 0 Å². The molecule has 4 heteroatoms. The van der Waals surface area contributed by atoms with Gasteiger partial charge in [0.05, 0.1) is 6.61 Å². The van der Waals surface area contributed by atoms with Gasteiger partial charge in [-0.25, -0.2) is 0 Å². The number of rotatable bonds is 6. The highest BCUT2D eigenvalue weighted by Gasteiger charge is 1.95. The predicted octanol–water partition coefficient (Wildman–Crippen LogP) is 1.55. The molecule has 0 rings (SSSR count). The van der Waals surface area contributed by atoms with E-state index in [0.717, 1.165) is 17.3 Å². The average molecular weight is 206 g/mol. The molecule has 0 aromatic rings. The molecule has 0 amide bonds. The van der Waals surface area contributed by atoms with Crippen LogP contribution in [0.5, 0.6) is 0 Å². The van der Waals surface area contributed by atoms with E-state index in [9.17, 15) is 4.79 Å². The molecule has 0 fully saturated rings. The molecule has 12 heavy (non-hydrogen) atoms. The minimum Gasteiger partial charge on any atom is -0.396 e. The van der Waals surface area contributed by atoms with Crippen molar-refractivity contribution in [1.82, 2.24) is 0 Å². The first kappa shape index (κ1) is 12.1. The molecule has 0 spiro atoms. The van der Waals surface area contributed by atoms with Crippen molar-refractivity contribution < 1.29 is 9.90 Å². The third kappa shape index (κ3) is 8.17. The molecule has 0 aromatic carbocycles. The molecule has 0 aromatic heterocycles. The predicted molar refractivity (Wildman–Crippen MR) is 56.7 cm³/mol. The zero-order valence-corrected chi connectivity index (χ0v) is 8.79. The quantitative estimate of drug-likeness (QED) is 0.528. The number of thioether (sulfide) groups is 2. The second-order valence-electron chi connectivity index (χ2n) is 2.00. The number of hydrogen-bond donors (Lipinski definition) is 1. The largest absolute Gasteiger partial charge is 0.396 e. The summed E-state index contributed by atoms with van der Waals surface area (Å²) in [4.78, 5) is 10.9. The number of aliphatic hydroxyl groups excluding tert-OH is 1. The summed E-state index contributed by atoms with van der Waals surface area (Å²) >= 11 is 2.99. The van der Waals surface area contributed by atoms with Crippen molar-refractivity contribution in [1.29, 1.82) is 0 Å². The zero-order chi connectivity index (χ0) is 9.23. The van der Waals surface area contributed by atoms with Crippen LogP contribution in [0.4, 0.5) is 0 Å². The van der Waals surface area contributed by atoms with Gasteiger partial charge in [0, 0.05) is 17.3 Å². The molecule has 0 aliphatic heterocycles. The molecule has 0 aliphatic carbocycles. The van der Waals surface area contributed by atoms with Crippen LogP contribution in [0.25, 0.3) is 0 Å². The zero-order valence-electron chi connectivity index (χ0n) is 7.16. The monoisotopic (exact) mass is 206 g/mol. The van der Waals surface area contributed by atoms with Gasteiger partial charge in [0.25, 0.3) is 0 Å². The molecule has 2 nitrogen and oxygen atoms in total. The Labute approximate surface area is 81.8 Å². The van der Waals surface area contributed by atoms with Gasteiger partial charge in [-0.15, -0.1) is 0 Å². The standard InChI is InChI=1S/C8H14O2S2/c1-2-3-8(10)12-7-6-11-5-4-9/h2-3,9H,4-7H2,1H3. The highest BCUT2D eigenvalue weighted by Crippen LogP contribution is 2.07. The molecule has 0 atom stereocenters. The smallest absolute Gasteiger partial charge is 0.211 e. The van der Waals surface area contributed by atoms with E-state index < -0.39 is 0 Å². The van der Waals surface area contributed by atoms with E-state index in [1.54, 1.807) is 23.9 Å². The summed E-state index contributed by atoms with van der Waals surface area (Å²) in [5, 5.41) is 8.57. The van der Waals surface area contributed by atoms with Crippen LogP contribution in [0, 0.1) is 0 Å². The fourth-order valence-corrected chi connectivity index (χ4v) is 2.12. The van der Waals surface area contributed by atoms with Gasteiger partial charge in [-0.2, -0.15) is 11.8 Å². The van der Waals surface area contributed by atoms with Gasteiger partial charge in [-0.1, -0.05) is 17.8 Å². The van der Waals surface area contributed by atoms with Gasteiger partial charge in [0.15, 0.2) is 0 Å². The van der Waals surface area contributed by atoms with Crippen LogP contribution in [0.3, 0.4) is 0 Å². The first-order valence-electron chi connectivity index (χ1n) is 3.79. The summed E-state index contributed by atoms with van der Waals surface area (Å²) in [6, 6.07) is 0. The van der Waals surface area contributed by atoms with Gasteiger partial charge in [0.1, 0.15) is 0 Å². The lowest BCUT2D eigenvalue weighted by Crippen LogP contribution is -1.93. The molecule has 0 saturated carbocycles. The van der Waals surface area contributed by atoms with Crippen molar-refractivity contribution in [2.45, 2.75) is 6.92 Å². The van der Waals surface area contributed by atoms with Crippen LogP contribution >= 0.6 is 23.5 Å². The lowest BCUT2D eigenvalue weighted by Gasteiger charge is -1.96. The Balaban J connectivity index is 3.14. The van der Waals surface area contributed by atoms with E-state index in [-0.39, 0.29) is 11.7 Å². The molecule has 0 saturated heterocycles. The maximum atomic E-state index is 10.9. The Kier molecular flexibility index (Phi) is 9.21. The first-order chi connectivity index (χ1) is 5.81. The van der Waals surface area contributed by atoms with Crippen LogP contribution < -0.4 is 0 Å². The lowest BCUT2D eigenvalue weighted by atomic mass is 10.6. The number of allylic oxidation sites excluding steroid dienone is 1. The second kappa shape index (κ2) is 9.16. The number of hydrogen-bond acceptors (Lipinski definition) is 4. The summed E-state index contributed by atoms with van der Waals surface area (Å²) < 4.78 is 0. The lowest BCUT2D eigenvalue weighted by molar-refractivity contribution is -0.107. The Bertz CT molecular complexity index is 146. The summed E-state index contributed by atoms with van der Waals surface area (Å²) in [6.07, 6.45) is 3.32. The van der Waals surface area contributed by atoms with Gasteiger partial charge in [-0.05, 0) is 13.0 Å².